The van der Waals surface area contributed by atoms with Crippen molar-refractivity contribution in [3.05, 3.63) is 54.7 Å². The molecule has 0 saturated heterocycles. The van der Waals surface area contributed by atoms with Crippen LogP contribution in [0, 0.1) is 0 Å². The number of nitrogens with two attached hydrogens (primary N) is 1. The molecule has 106 valence electrons. The lowest BCUT2D eigenvalue weighted by Gasteiger charge is -2.10. The van der Waals surface area contributed by atoms with Crippen molar-refractivity contribution in [2.75, 3.05) is 12.8 Å². The van der Waals surface area contributed by atoms with Gasteiger partial charge in [-0.2, -0.15) is 0 Å². The summed E-state index contributed by atoms with van der Waals surface area (Å²) in [7, 11) is 1.60. The number of hydrogen-bond acceptors (Lipinski definition) is 5. The molecule has 0 fully saturated rings. The van der Waals surface area contributed by atoms with Crippen LogP contribution < -0.4 is 10.5 Å². The summed E-state index contributed by atoms with van der Waals surface area (Å²) < 4.78 is 7.16. The van der Waals surface area contributed by atoms with Crippen molar-refractivity contribution < 1.29 is 4.74 Å². The van der Waals surface area contributed by atoms with Crippen LogP contribution in [0.1, 0.15) is 5.56 Å². The van der Waals surface area contributed by atoms with E-state index in [1.165, 1.54) is 0 Å². The molecule has 0 aliphatic carbocycles. The lowest BCUT2D eigenvalue weighted by Crippen LogP contribution is -2.03. The summed E-state index contributed by atoms with van der Waals surface area (Å²) in [6.07, 6.45) is 6.96. The van der Waals surface area contributed by atoms with E-state index in [2.05, 4.69) is 15.0 Å². The van der Waals surface area contributed by atoms with Gasteiger partial charge in [0.2, 0.25) is 5.88 Å². The maximum absolute atomic E-state index is 5.94. The Labute approximate surface area is 122 Å². The molecule has 0 spiro atoms. The summed E-state index contributed by atoms with van der Waals surface area (Å²) >= 11 is 0. The molecule has 3 aromatic heterocycles. The molecule has 0 aliphatic rings. The molecular weight excluding hydrogens is 266 g/mol. The number of ether oxygens (including phenoxy) is 1. The largest absolute Gasteiger partial charge is 0.481 e. The summed E-state index contributed by atoms with van der Waals surface area (Å²) in [5, 5.41) is 0. The second-order valence-electron chi connectivity index (χ2n) is 4.55. The van der Waals surface area contributed by atoms with Crippen LogP contribution in [-0.4, -0.2) is 26.6 Å². The molecule has 0 saturated carbocycles. The molecule has 6 nitrogen and oxygen atoms in total. The average Bonchev–Trinajstić information content (AvgIpc) is 2.96. The minimum atomic E-state index is 0.492. The highest BCUT2D eigenvalue weighted by molar-refractivity contribution is 5.70. The lowest BCUT2D eigenvalue weighted by molar-refractivity contribution is 0.397. The predicted molar refractivity (Wildman–Crippen MR) is 79.8 cm³/mol. The van der Waals surface area contributed by atoms with Gasteiger partial charge >= 0.3 is 0 Å². The lowest BCUT2D eigenvalue weighted by atomic mass is 10.2. The second-order valence-corrected chi connectivity index (χ2v) is 4.55. The number of anilines is 1. The van der Waals surface area contributed by atoms with E-state index in [-0.39, 0.29) is 0 Å². The van der Waals surface area contributed by atoms with Gasteiger partial charge in [0.05, 0.1) is 25.3 Å². The molecule has 0 amide bonds. The molecule has 21 heavy (non-hydrogen) atoms. The second kappa shape index (κ2) is 5.62. The van der Waals surface area contributed by atoms with Crippen molar-refractivity contribution in [3.63, 3.8) is 0 Å². The highest BCUT2D eigenvalue weighted by atomic mass is 16.5. The van der Waals surface area contributed by atoms with Gasteiger partial charge in [-0.3, -0.25) is 0 Å². The molecular formula is C15H15N5O. The van der Waals surface area contributed by atoms with E-state index in [4.69, 9.17) is 10.5 Å². The van der Waals surface area contributed by atoms with Gasteiger partial charge in [-0.25, -0.2) is 15.0 Å². The molecule has 0 aromatic carbocycles. The predicted octanol–water partition coefficient (Wildman–Crippen LogP) is 1.98. The Bertz CT molecular complexity index is 753. The molecule has 6 heteroatoms. The Morgan fingerprint density at radius 1 is 1.24 bits per heavy atom. The molecule has 3 aromatic rings. The third kappa shape index (κ3) is 2.69. The van der Waals surface area contributed by atoms with Gasteiger partial charge in [-0.1, -0.05) is 0 Å². The zero-order valence-electron chi connectivity index (χ0n) is 11.6. The number of pyridine rings is 2. The Balaban J connectivity index is 1.94. The maximum atomic E-state index is 5.94. The number of hydrogen-bond donors (Lipinski definition) is 1. The average molecular weight is 281 g/mol. The third-order valence-electron chi connectivity index (χ3n) is 3.19. The molecule has 3 rings (SSSR count). The van der Waals surface area contributed by atoms with Crippen LogP contribution in [0.25, 0.3) is 11.3 Å². The molecule has 0 aliphatic heterocycles. The quantitative estimate of drug-likeness (QED) is 0.791. The van der Waals surface area contributed by atoms with Crippen molar-refractivity contribution in [1.29, 1.82) is 0 Å². The van der Waals surface area contributed by atoms with Gasteiger partial charge < -0.3 is 15.0 Å². The van der Waals surface area contributed by atoms with Crippen molar-refractivity contribution in [2.24, 2.45) is 0 Å². The minimum absolute atomic E-state index is 0.492. The van der Waals surface area contributed by atoms with Crippen LogP contribution in [0.5, 0.6) is 5.88 Å². The van der Waals surface area contributed by atoms with E-state index in [1.54, 1.807) is 32.0 Å². The van der Waals surface area contributed by atoms with Crippen LogP contribution in [0.4, 0.5) is 5.82 Å². The summed E-state index contributed by atoms with van der Waals surface area (Å²) in [4.78, 5) is 12.4. The van der Waals surface area contributed by atoms with E-state index in [0.29, 0.717) is 18.2 Å². The van der Waals surface area contributed by atoms with Gasteiger partial charge in [0.15, 0.2) is 0 Å². The van der Waals surface area contributed by atoms with Crippen molar-refractivity contribution >= 4 is 5.82 Å². The number of nitrogens with zero attached hydrogens (tertiary/aromatic N) is 4. The zero-order valence-corrected chi connectivity index (χ0v) is 11.6. The molecule has 0 bridgehead atoms. The summed E-state index contributed by atoms with van der Waals surface area (Å²) in [6.45, 7) is 0.655. The Morgan fingerprint density at radius 2 is 2.14 bits per heavy atom. The fraction of sp³-hybridized carbons (Fsp3) is 0.133. The normalized spacial score (nSPS) is 10.5. The Hall–Kier alpha value is -2.89. The van der Waals surface area contributed by atoms with Crippen LogP contribution in [0.3, 0.4) is 0 Å². The van der Waals surface area contributed by atoms with E-state index in [0.717, 1.165) is 16.8 Å². The molecule has 0 atom stereocenters. The van der Waals surface area contributed by atoms with Crippen molar-refractivity contribution in [1.82, 2.24) is 19.5 Å². The first-order valence-corrected chi connectivity index (χ1v) is 6.48. The van der Waals surface area contributed by atoms with Crippen molar-refractivity contribution in [2.45, 2.75) is 6.54 Å². The number of rotatable bonds is 4. The maximum Gasteiger partial charge on any atom is 0.213 e. The van der Waals surface area contributed by atoms with Gasteiger partial charge in [-0.05, 0) is 23.8 Å². The van der Waals surface area contributed by atoms with Gasteiger partial charge in [0.1, 0.15) is 5.82 Å². The van der Waals surface area contributed by atoms with Gasteiger partial charge in [0, 0.05) is 30.6 Å². The Morgan fingerprint density at radius 3 is 2.95 bits per heavy atom. The monoisotopic (exact) mass is 281 g/mol. The number of methoxy groups -OCH3 is 1. The fourth-order valence-corrected chi connectivity index (χ4v) is 2.16. The summed E-state index contributed by atoms with van der Waals surface area (Å²) in [5.74, 6) is 1.08. The fourth-order valence-electron chi connectivity index (χ4n) is 2.16. The van der Waals surface area contributed by atoms with Crippen molar-refractivity contribution in [3.8, 4) is 17.1 Å². The van der Waals surface area contributed by atoms with Gasteiger partial charge in [0.25, 0.3) is 0 Å². The smallest absolute Gasteiger partial charge is 0.213 e. The first-order chi connectivity index (χ1) is 10.3. The van der Waals surface area contributed by atoms with E-state index < -0.39 is 0 Å². The van der Waals surface area contributed by atoms with E-state index in [9.17, 15) is 0 Å². The number of nitrogen functional groups attached to an aromatic ring is 1. The summed E-state index contributed by atoms with van der Waals surface area (Å²) in [5.41, 5.74) is 8.81. The van der Waals surface area contributed by atoms with E-state index in [1.807, 2.05) is 28.8 Å². The minimum Gasteiger partial charge on any atom is -0.481 e. The number of aromatic nitrogens is 4. The van der Waals surface area contributed by atoms with E-state index >= 15 is 0 Å². The standard InChI is InChI=1S/C15H15N5O/c1-21-14-7-11(4-6-18-14)9-20-10-17-8-13(20)12-3-2-5-19-15(12)16/h2-8,10H,9H2,1H3,(H2,16,19). The van der Waals surface area contributed by atoms with Gasteiger partial charge in [-0.15, -0.1) is 0 Å². The van der Waals surface area contributed by atoms with Crippen LogP contribution >= 0.6 is 0 Å². The highest BCUT2D eigenvalue weighted by Gasteiger charge is 2.09. The summed E-state index contributed by atoms with van der Waals surface area (Å²) in [6, 6.07) is 7.64. The topological polar surface area (TPSA) is 78.8 Å². The molecule has 3 heterocycles. The molecule has 0 radical (unpaired) electrons. The first-order valence-electron chi connectivity index (χ1n) is 6.48. The third-order valence-corrected chi connectivity index (χ3v) is 3.19. The SMILES string of the molecule is COc1cc(Cn2cncc2-c2cccnc2N)ccn1. The Kier molecular flexibility index (Phi) is 3.51. The molecule has 2 N–H and O–H groups in total. The first kappa shape index (κ1) is 13.1. The zero-order chi connectivity index (χ0) is 14.7. The molecule has 0 unspecified atom stereocenters. The van der Waals surface area contributed by atoms with Crippen LogP contribution in [0.15, 0.2) is 49.2 Å². The van der Waals surface area contributed by atoms with Crippen LogP contribution in [-0.2, 0) is 6.54 Å². The highest BCUT2D eigenvalue weighted by Crippen LogP contribution is 2.24. The van der Waals surface area contributed by atoms with Crippen LogP contribution in [0.2, 0.25) is 0 Å². The number of imidazole rings is 1.